The van der Waals surface area contributed by atoms with Crippen molar-refractivity contribution in [3.63, 3.8) is 0 Å². The van der Waals surface area contributed by atoms with E-state index < -0.39 is 35.8 Å². The summed E-state index contributed by atoms with van der Waals surface area (Å²) in [5.41, 5.74) is 3.94. The van der Waals surface area contributed by atoms with Crippen molar-refractivity contribution in [2.24, 2.45) is 11.8 Å². The Morgan fingerprint density at radius 2 is 1.19 bits per heavy atom. The van der Waals surface area contributed by atoms with Gasteiger partial charge in [-0.2, -0.15) is 0 Å². The van der Waals surface area contributed by atoms with E-state index in [0.717, 1.165) is 22.3 Å². The largest absolute Gasteiger partial charge is 0.489 e. The molecule has 4 rings (SSSR count). The highest BCUT2D eigenvalue weighted by Gasteiger charge is 2.27. The van der Waals surface area contributed by atoms with Gasteiger partial charge in [0.25, 0.3) is 0 Å². The Balaban J connectivity index is 1.33. The lowest BCUT2D eigenvalue weighted by molar-refractivity contribution is -0.150. The van der Waals surface area contributed by atoms with Gasteiger partial charge in [-0.1, -0.05) is 115 Å². The normalized spacial score (nSPS) is 13.1. The van der Waals surface area contributed by atoms with E-state index in [2.05, 4.69) is 23.8 Å². The van der Waals surface area contributed by atoms with E-state index in [9.17, 15) is 19.5 Å². The van der Waals surface area contributed by atoms with Crippen LogP contribution in [0.3, 0.4) is 0 Å². The number of aliphatic hydroxyl groups is 1. The predicted molar refractivity (Wildman–Crippen MR) is 210 cm³/mol. The molecule has 0 bridgehead atoms. The molecule has 0 aromatic heterocycles. The second-order valence-electron chi connectivity index (χ2n) is 13.2. The number of nitrogens with one attached hydrogen (secondary N) is 2. The van der Waals surface area contributed by atoms with Crippen molar-refractivity contribution in [2.75, 3.05) is 19.8 Å². The molecule has 0 radical (unpaired) electrons. The highest BCUT2D eigenvalue weighted by Crippen LogP contribution is 2.18. The van der Waals surface area contributed by atoms with Gasteiger partial charge in [0, 0.05) is 6.42 Å². The lowest BCUT2D eigenvalue weighted by atomic mass is 9.96. The van der Waals surface area contributed by atoms with Gasteiger partial charge in [0.15, 0.2) is 0 Å². The number of carbonyl (C=O) groups is 3. The first kappa shape index (κ1) is 41.2. The maximum atomic E-state index is 13.6. The number of carbonyl (C=O) groups excluding carboxylic acids is 3. The van der Waals surface area contributed by atoms with Crippen molar-refractivity contribution in [1.29, 1.82) is 0 Å². The van der Waals surface area contributed by atoms with Crippen LogP contribution >= 0.6 is 0 Å². The van der Waals surface area contributed by atoms with Crippen molar-refractivity contribution in [2.45, 2.75) is 57.4 Å². The minimum atomic E-state index is -0.748. The molecule has 54 heavy (non-hydrogen) atoms. The molecule has 0 aliphatic heterocycles. The Bertz CT molecular complexity index is 1720. The molecule has 2 amide bonds. The molecule has 0 unspecified atom stereocenters. The molecule has 0 saturated carbocycles. The van der Waals surface area contributed by atoms with Crippen LogP contribution in [-0.4, -0.2) is 54.8 Å². The number of rotatable bonds is 24. The third-order valence-electron chi connectivity index (χ3n) is 8.81. The van der Waals surface area contributed by atoms with Gasteiger partial charge in [-0.05, 0) is 60.1 Å². The van der Waals surface area contributed by atoms with E-state index in [1.165, 1.54) is 0 Å². The van der Waals surface area contributed by atoms with Crippen molar-refractivity contribution in [3.8, 4) is 5.75 Å². The SMILES string of the molecule is C=CC[C@@H](CC(=O)N[C@H](CO)Cc1ccc(OCc2ccccc2)cc1)C(=O)N[C@@H](COCc1ccccc1)COC(=O)[C@H](CC=C)Cc1ccccc1. The maximum absolute atomic E-state index is 13.6. The summed E-state index contributed by atoms with van der Waals surface area (Å²) in [5, 5.41) is 15.9. The first-order chi connectivity index (χ1) is 26.4. The summed E-state index contributed by atoms with van der Waals surface area (Å²) in [6.45, 7) is 8.04. The van der Waals surface area contributed by atoms with Gasteiger partial charge in [0.05, 0.1) is 43.7 Å². The number of aliphatic hydroxyl groups excluding tert-OH is 1. The number of allylic oxidation sites excluding steroid dienone is 2. The molecule has 3 N–H and O–H groups in total. The summed E-state index contributed by atoms with van der Waals surface area (Å²) in [5.74, 6) is -1.64. The summed E-state index contributed by atoms with van der Waals surface area (Å²) < 4.78 is 17.6. The number of ether oxygens (including phenoxy) is 3. The van der Waals surface area contributed by atoms with Crippen LogP contribution in [0.2, 0.25) is 0 Å². The topological polar surface area (TPSA) is 123 Å². The molecule has 0 spiro atoms. The molecule has 284 valence electrons. The van der Waals surface area contributed by atoms with E-state index in [4.69, 9.17) is 14.2 Å². The van der Waals surface area contributed by atoms with E-state index in [1.54, 1.807) is 12.2 Å². The van der Waals surface area contributed by atoms with Crippen LogP contribution in [0.15, 0.2) is 141 Å². The zero-order chi connectivity index (χ0) is 38.4. The lowest BCUT2D eigenvalue weighted by Crippen LogP contribution is -2.46. The van der Waals surface area contributed by atoms with Gasteiger partial charge in [-0.3, -0.25) is 14.4 Å². The van der Waals surface area contributed by atoms with E-state index in [1.807, 2.05) is 115 Å². The predicted octanol–water partition coefficient (Wildman–Crippen LogP) is 6.55. The molecule has 4 aromatic carbocycles. The Kier molecular flexibility index (Phi) is 17.7. The first-order valence-corrected chi connectivity index (χ1v) is 18.4. The highest BCUT2D eigenvalue weighted by atomic mass is 16.5. The van der Waals surface area contributed by atoms with Crippen molar-refractivity contribution in [3.05, 3.63) is 163 Å². The fourth-order valence-electron chi connectivity index (χ4n) is 5.91. The fraction of sp³-hybridized carbons (Fsp3) is 0.311. The molecule has 0 saturated heterocycles. The number of benzene rings is 4. The Morgan fingerprint density at radius 3 is 1.78 bits per heavy atom. The third-order valence-corrected chi connectivity index (χ3v) is 8.81. The van der Waals surface area contributed by atoms with E-state index >= 15 is 0 Å². The van der Waals surface area contributed by atoms with Crippen LogP contribution in [0.25, 0.3) is 0 Å². The smallest absolute Gasteiger partial charge is 0.309 e. The molecule has 0 aliphatic rings. The molecule has 0 fully saturated rings. The molecular weight excluding hydrogens is 681 g/mol. The minimum Gasteiger partial charge on any atom is -0.489 e. The van der Waals surface area contributed by atoms with Gasteiger partial charge in [0.2, 0.25) is 11.8 Å². The second-order valence-corrected chi connectivity index (χ2v) is 13.2. The quantitative estimate of drug-likeness (QED) is 0.0552. The van der Waals surface area contributed by atoms with Crippen LogP contribution in [-0.2, 0) is 49.9 Å². The first-order valence-electron chi connectivity index (χ1n) is 18.4. The zero-order valence-electron chi connectivity index (χ0n) is 30.8. The van der Waals surface area contributed by atoms with Crippen LogP contribution < -0.4 is 15.4 Å². The average Bonchev–Trinajstić information content (AvgIpc) is 3.20. The number of hydrogen-bond acceptors (Lipinski definition) is 7. The minimum absolute atomic E-state index is 0.0778. The fourth-order valence-corrected chi connectivity index (χ4v) is 5.91. The van der Waals surface area contributed by atoms with Gasteiger partial charge in [-0.15, -0.1) is 13.2 Å². The van der Waals surface area contributed by atoms with Crippen molar-refractivity contribution in [1.82, 2.24) is 10.6 Å². The Hall–Kier alpha value is -5.51. The molecule has 4 aromatic rings. The third kappa shape index (κ3) is 14.8. The molecule has 0 heterocycles. The molecule has 0 aliphatic carbocycles. The van der Waals surface area contributed by atoms with Crippen LogP contribution in [0.1, 0.15) is 41.5 Å². The van der Waals surface area contributed by atoms with Gasteiger partial charge in [-0.25, -0.2) is 0 Å². The van der Waals surface area contributed by atoms with Gasteiger partial charge >= 0.3 is 5.97 Å². The van der Waals surface area contributed by atoms with Gasteiger partial charge < -0.3 is 30.0 Å². The van der Waals surface area contributed by atoms with Gasteiger partial charge in [0.1, 0.15) is 19.0 Å². The summed E-state index contributed by atoms with van der Waals surface area (Å²) in [6, 6.07) is 35.5. The number of esters is 1. The molecular formula is C45H52N2O7. The van der Waals surface area contributed by atoms with Crippen molar-refractivity contribution < 1.29 is 33.7 Å². The van der Waals surface area contributed by atoms with E-state index in [-0.39, 0.29) is 38.6 Å². The zero-order valence-corrected chi connectivity index (χ0v) is 30.8. The second kappa shape index (κ2) is 23.2. The summed E-state index contributed by atoms with van der Waals surface area (Å²) >= 11 is 0. The molecule has 9 nitrogen and oxygen atoms in total. The molecule has 4 atom stereocenters. The van der Waals surface area contributed by atoms with E-state index in [0.29, 0.717) is 38.2 Å². The Labute approximate surface area is 319 Å². The maximum Gasteiger partial charge on any atom is 0.309 e. The molecule has 9 heteroatoms. The summed E-state index contributed by atoms with van der Waals surface area (Å²) in [4.78, 5) is 40.1. The highest BCUT2D eigenvalue weighted by molar-refractivity contribution is 5.86. The van der Waals surface area contributed by atoms with Crippen LogP contribution in [0.4, 0.5) is 0 Å². The summed E-state index contributed by atoms with van der Waals surface area (Å²) in [7, 11) is 0. The summed E-state index contributed by atoms with van der Waals surface area (Å²) in [6.07, 6.45) is 4.72. The average molecular weight is 733 g/mol. The number of amides is 2. The number of hydrogen-bond donors (Lipinski definition) is 3. The Morgan fingerprint density at radius 1 is 0.630 bits per heavy atom. The van der Waals surface area contributed by atoms with Crippen LogP contribution in [0.5, 0.6) is 5.75 Å². The monoisotopic (exact) mass is 732 g/mol. The standard InChI is InChI=1S/C45H52N2O7/c1-3-14-38(28-43(49)46-40(29-48)27-35-22-24-42(25-23-35)53-31-37-20-12-7-13-21-37)44(50)47-41(32-52-30-36-18-10-6-11-19-36)33-54-45(51)39(15-4-2)26-34-16-8-5-9-17-34/h3-13,16-25,38-41,48H,1-2,14-15,26-33H2,(H,46,49)(H,47,50)/t38-,39+,40-,41-/m0/s1. The van der Waals surface area contributed by atoms with Crippen LogP contribution in [0, 0.1) is 11.8 Å². The lowest BCUT2D eigenvalue weighted by Gasteiger charge is -2.24. The van der Waals surface area contributed by atoms with Crippen molar-refractivity contribution >= 4 is 17.8 Å².